The summed E-state index contributed by atoms with van der Waals surface area (Å²) in [5, 5.41) is 0. The molecular formula is C14H19BrN2O2. The smallest absolute Gasteiger partial charge is 0.311 e. The van der Waals surface area contributed by atoms with Gasteiger partial charge in [0, 0.05) is 23.8 Å². The quantitative estimate of drug-likeness (QED) is 0.801. The summed E-state index contributed by atoms with van der Waals surface area (Å²) < 4.78 is 6.19. The third-order valence-electron chi connectivity index (χ3n) is 3.67. The summed E-state index contributed by atoms with van der Waals surface area (Å²) in [6.07, 6.45) is 3.40. The van der Waals surface area contributed by atoms with Crippen LogP contribution in [0.3, 0.4) is 0 Å². The van der Waals surface area contributed by atoms with E-state index in [0.29, 0.717) is 6.61 Å². The van der Waals surface area contributed by atoms with Gasteiger partial charge in [0.15, 0.2) is 0 Å². The monoisotopic (exact) mass is 326 g/mol. The van der Waals surface area contributed by atoms with Gasteiger partial charge in [-0.1, -0.05) is 15.9 Å². The van der Waals surface area contributed by atoms with Crippen LogP contribution in [0.15, 0.2) is 22.8 Å². The number of rotatable bonds is 3. The number of esters is 1. The normalized spacial score (nSPS) is 18.2. The summed E-state index contributed by atoms with van der Waals surface area (Å²) >= 11 is 3.45. The minimum absolute atomic E-state index is 0.0724. The number of carbonyl (C=O) groups is 1. The molecule has 0 saturated carbocycles. The standard InChI is InChI=1S/C14H19BrN2O2/c1-3-19-13(18)14(2)5-8-17(9-6-14)12-10-11(15)4-7-16-12/h4,7,10H,3,5-6,8-9H2,1-2H3. The Kier molecular flexibility index (Phi) is 4.45. The molecule has 0 atom stereocenters. The first-order chi connectivity index (χ1) is 9.05. The van der Waals surface area contributed by atoms with Crippen molar-refractivity contribution in [1.29, 1.82) is 0 Å². The van der Waals surface area contributed by atoms with Crippen LogP contribution in [0.4, 0.5) is 5.82 Å². The lowest BCUT2D eigenvalue weighted by Crippen LogP contribution is -2.43. The molecule has 1 aromatic rings. The number of pyridine rings is 1. The largest absolute Gasteiger partial charge is 0.466 e. The fourth-order valence-electron chi connectivity index (χ4n) is 2.31. The Hall–Kier alpha value is -1.10. The summed E-state index contributed by atoms with van der Waals surface area (Å²) in [6.45, 7) is 5.96. The molecule has 1 saturated heterocycles. The molecule has 2 rings (SSSR count). The predicted octanol–water partition coefficient (Wildman–Crippen LogP) is 3.01. The van der Waals surface area contributed by atoms with Crippen molar-refractivity contribution in [2.24, 2.45) is 5.41 Å². The highest BCUT2D eigenvalue weighted by Gasteiger charge is 2.38. The molecule has 0 radical (unpaired) electrons. The molecular weight excluding hydrogens is 308 g/mol. The van der Waals surface area contributed by atoms with Crippen LogP contribution in [0.2, 0.25) is 0 Å². The lowest BCUT2D eigenvalue weighted by molar-refractivity contribution is -0.155. The van der Waals surface area contributed by atoms with Crippen molar-refractivity contribution in [3.63, 3.8) is 0 Å². The molecule has 104 valence electrons. The van der Waals surface area contributed by atoms with Crippen LogP contribution in [0.1, 0.15) is 26.7 Å². The Morgan fingerprint density at radius 1 is 1.53 bits per heavy atom. The van der Waals surface area contributed by atoms with Gasteiger partial charge in [-0.3, -0.25) is 4.79 Å². The number of halogens is 1. The van der Waals surface area contributed by atoms with Gasteiger partial charge in [0.05, 0.1) is 12.0 Å². The van der Waals surface area contributed by atoms with E-state index >= 15 is 0 Å². The Morgan fingerprint density at radius 2 is 2.21 bits per heavy atom. The summed E-state index contributed by atoms with van der Waals surface area (Å²) in [7, 11) is 0. The number of nitrogens with zero attached hydrogens (tertiary/aromatic N) is 2. The van der Waals surface area contributed by atoms with Crippen molar-refractivity contribution in [3.05, 3.63) is 22.8 Å². The average Bonchev–Trinajstić information content (AvgIpc) is 2.40. The van der Waals surface area contributed by atoms with Crippen LogP contribution in [0.25, 0.3) is 0 Å². The number of hydrogen-bond acceptors (Lipinski definition) is 4. The van der Waals surface area contributed by atoms with E-state index in [1.165, 1.54) is 0 Å². The van der Waals surface area contributed by atoms with E-state index in [9.17, 15) is 4.79 Å². The van der Waals surface area contributed by atoms with Gasteiger partial charge in [-0.25, -0.2) is 4.98 Å². The van der Waals surface area contributed by atoms with E-state index in [1.54, 1.807) is 6.20 Å². The van der Waals surface area contributed by atoms with Gasteiger partial charge in [0.1, 0.15) is 5.82 Å². The highest BCUT2D eigenvalue weighted by molar-refractivity contribution is 9.10. The fourth-order valence-corrected chi connectivity index (χ4v) is 2.63. The SMILES string of the molecule is CCOC(=O)C1(C)CCN(c2cc(Br)ccn2)CC1. The van der Waals surface area contributed by atoms with E-state index in [0.717, 1.165) is 36.2 Å². The van der Waals surface area contributed by atoms with Crippen LogP contribution in [-0.4, -0.2) is 30.6 Å². The van der Waals surface area contributed by atoms with Crippen LogP contribution in [0, 0.1) is 5.41 Å². The molecule has 0 aromatic carbocycles. The number of ether oxygens (including phenoxy) is 1. The Labute approximate surface area is 122 Å². The fraction of sp³-hybridized carbons (Fsp3) is 0.571. The number of carbonyl (C=O) groups excluding carboxylic acids is 1. The molecule has 0 unspecified atom stereocenters. The van der Waals surface area contributed by atoms with Crippen molar-refractivity contribution >= 4 is 27.7 Å². The van der Waals surface area contributed by atoms with E-state index < -0.39 is 0 Å². The van der Waals surface area contributed by atoms with Crippen LogP contribution in [-0.2, 0) is 9.53 Å². The second-order valence-corrected chi connectivity index (χ2v) is 6.02. The minimum atomic E-state index is -0.349. The van der Waals surface area contributed by atoms with Gasteiger partial charge in [-0.05, 0) is 38.8 Å². The van der Waals surface area contributed by atoms with Gasteiger partial charge in [0.25, 0.3) is 0 Å². The molecule has 19 heavy (non-hydrogen) atoms. The topological polar surface area (TPSA) is 42.4 Å². The summed E-state index contributed by atoms with van der Waals surface area (Å²) in [6, 6.07) is 3.92. The first-order valence-corrected chi connectivity index (χ1v) is 7.38. The molecule has 4 nitrogen and oxygen atoms in total. The Morgan fingerprint density at radius 3 is 2.79 bits per heavy atom. The minimum Gasteiger partial charge on any atom is -0.466 e. The molecule has 1 fully saturated rings. The van der Waals surface area contributed by atoms with Gasteiger partial charge >= 0.3 is 5.97 Å². The first-order valence-electron chi connectivity index (χ1n) is 6.59. The van der Waals surface area contributed by atoms with Gasteiger partial charge < -0.3 is 9.64 Å². The van der Waals surface area contributed by atoms with Crippen molar-refractivity contribution < 1.29 is 9.53 Å². The number of anilines is 1. The molecule has 5 heteroatoms. The lowest BCUT2D eigenvalue weighted by Gasteiger charge is -2.38. The summed E-state index contributed by atoms with van der Waals surface area (Å²) in [4.78, 5) is 18.5. The predicted molar refractivity (Wildman–Crippen MR) is 78.1 cm³/mol. The number of aromatic nitrogens is 1. The van der Waals surface area contributed by atoms with Crippen molar-refractivity contribution in [3.8, 4) is 0 Å². The van der Waals surface area contributed by atoms with Crippen molar-refractivity contribution in [2.45, 2.75) is 26.7 Å². The molecule has 1 aromatic heterocycles. The molecule has 0 amide bonds. The molecule has 1 aliphatic heterocycles. The van der Waals surface area contributed by atoms with Crippen LogP contribution in [0.5, 0.6) is 0 Å². The maximum atomic E-state index is 12.0. The van der Waals surface area contributed by atoms with Gasteiger partial charge in [0.2, 0.25) is 0 Å². The van der Waals surface area contributed by atoms with E-state index in [2.05, 4.69) is 25.8 Å². The van der Waals surface area contributed by atoms with E-state index in [-0.39, 0.29) is 11.4 Å². The summed E-state index contributed by atoms with van der Waals surface area (Å²) in [5.74, 6) is 0.886. The van der Waals surface area contributed by atoms with Crippen molar-refractivity contribution in [1.82, 2.24) is 4.98 Å². The zero-order valence-electron chi connectivity index (χ0n) is 11.4. The highest BCUT2D eigenvalue weighted by atomic mass is 79.9. The second-order valence-electron chi connectivity index (χ2n) is 5.10. The number of hydrogen-bond donors (Lipinski definition) is 0. The molecule has 1 aliphatic rings. The highest BCUT2D eigenvalue weighted by Crippen LogP contribution is 2.34. The molecule has 0 aliphatic carbocycles. The van der Waals surface area contributed by atoms with Crippen LogP contribution < -0.4 is 4.90 Å². The zero-order valence-corrected chi connectivity index (χ0v) is 12.9. The van der Waals surface area contributed by atoms with E-state index in [1.807, 2.05) is 26.0 Å². The first kappa shape index (κ1) is 14.3. The molecule has 0 N–H and O–H groups in total. The summed E-state index contributed by atoms with van der Waals surface area (Å²) in [5.41, 5.74) is -0.349. The third kappa shape index (κ3) is 3.26. The maximum Gasteiger partial charge on any atom is 0.311 e. The van der Waals surface area contributed by atoms with Crippen molar-refractivity contribution in [2.75, 3.05) is 24.6 Å². The lowest BCUT2D eigenvalue weighted by atomic mass is 9.80. The molecule has 0 spiro atoms. The zero-order chi connectivity index (χ0) is 13.9. The van der Waals surface area contributed by atoms with Gasteiger partial charge in [-0.2, -0.15) is 0 Å². The second kappa shape index (κ2) is 5.90. The van der Waals surface area contributed by atoms with E-state index in [4.69, 9.17) is 4.74 Å². The average molecular weight is 327 g/mol. The third-order valence-corrected chi connectivity index (χ3v) is 4.16. The Bertz CT molecular complexity index is 457. The van der Waals surface area contributed by atoms with Crippen LogP contribution >= 0.6 is 15.9 Å². The van der Waals surface area contributed by atoms with Gasteiger partial charge in [-0.15, -0.1) is 0 Å². The molecule has 2 heterocycles. The Balaban J connectivity index is 2.01. The number of piperidine rings is 1. The molecule has 0 bridgehead atoms. The maximum absolute atomic E-state index is 12.0.